The van der Waals surface area contributed by atoms with Crippen LogP contribution < -0.4 is 5.54 Å². The molecule has 0 bridgehead atoms. The van der Waals surface area contributed by atoms with Gasteiger partial charge < -0.3 is 5.11 Å². The molecule has 0 radical (unpaired) electrons. The third-order valence-electron chi connectivity index (χ3n) is 1.04. The molecule has 3 nitrogen and oxygen atoms in total. The summed E-state index contributed by atoms with van der Waals surface area (Å²) in [6.45, 7) is 0. The topological polar surface area (TPSA) is 49.3 Å². The molecule has 0 aliphatic rings. The van der Waals surface area contributed by atoms with Gasteiger partial charge in [0.1, 0.15) is 6.04 Å². The van der Waals surface area contributed by atoms with E-state index in [4.69, 9.17) is 5.11 Å². The standard InChI is InChI=1S/C5H10FNO2S/c1-10-3-2-4(7-6)5(8)9/h4,7H,2-3H2,1H3,(H,8,9)/t4-/m1/s1. The highest BCUT2D eigenvalue weighted by Gasteiger charge is 2.15. The summed E-state index contributed by atoms with van der Waals surface area (Å²) in [5, 5.41) is 8.29. The first-order valence-electron chi connectivity index (χ1n) is 2.80. The molecule has 0 aliphatic heterocycles. The third kappa shape index (κ3) is 3.68. The van der Waals surface area contributed by atoms with E-state index < -0.39 is 12.0 Å². The summed E-state index contributed by atoms with van der Waals surface area (Å²) in [7, 11) is 0. The van der Waals surface area contributed by atoms with Crippen molar-refractivity contribution in [1.29, 1.82) is 0 Å². The number of carboxylic acids is 1. The van der Waals surface area contributed by atoms with Gasteiger partial charge in [0, 0.05) is 0 Å². The Kier molecular flexibility index (Phi) is 5.33. The van der Waals surface area contributed by atoms with E-state index in [0.717, 1.165) is 0 Å². The van der Waals surface area contributed by atoms with Crippen molar-refractivity contribution in [3.05, 3.63) is 0 Å². The Hall–Kier alpha value is -0.290. The average Bonchev–Trinajstić information content (AvgIpc) is 1.89. The van der Waals surface area contributed by atoms with E-state index >= 15 is 0 Å². The summed E-state index contributed by atoms with van der Waals surface area (Å²) in [4.78, 5) is 10.1. The number of halogens is 1. The fourth-order valence-electron chi connectivity index (χ4n) is 0.460. The van der Waals surface area contributed by atoms with E-state index in [9.17, 15) is 9.28 Å². The molecule has 1 atom stereocenters. The van der Waals surface area contributed by atoms with Gasteiger partial charge in [0.25, 0.3) is 0 Å². The second kappa shape index (κ2) is 5.49. The Morgan fingerprint density at radius 3 is 2.80 bits per heavy atom. The minimum absolute atomic E-state index is 0.312. The lowest BCUT2D eigenvalue weighted by atomic mass is 10.2. The summed E-state index contributed by atoms with van der Waals surface area (Å²) in [6.07, 6.45) is 2.16. The van der Waals surface area contributed by atoms with Crippen molar-refractivity contribution in [2.75, 3.05) is 12.0 Å². The fourth-order valence-corrected chi connectivity index (χ4v) is 0.932. The Labute approximate surface area is 62.9 Å². The van der Waals surface area contributed by atoms with E-state index in [1.807, 2.05) is 6.26 Å². The lowest BCUT2D eigenvalue weighted by Crippen LogP contribution is -2.31. The summed E-state index contributed by atoms with van der Waals surface area (Å²) >= 11 is 1.49. The molecule has 2 N–H and O–H groups in total. The van der Waals surface area contributed by atoms with Crippen LogP contribution in [0.15, 0.2) is 0 Å². The number of carbonyl (C=O) groups is 1. The van der Waals surface area contributed by atoms with E-state index in [-0.39, 0.29) is 0 Å². The molecule has 0 amide bonds. The fraction of sp³-hybridized carbons (Fsp3) is 0.800. The second-order valence-electron chi connectivity index (χ2n) is 1.78. The molecular weight excluding hydrogens is 157 g/mol. The summed E-state index contributed by atoms with van der Waals surface area (Å²) in [5.74, 6) is -0.495. The molecule has 0 saturated heterocycles. The molecule has 0 fully saturated rings. The predicted octanol–water partition coefficient (Wildman–Crippen LogP) is 0.667. The number of nitrogens with one attached hydrogen (secondary N) is 1. The van der Waals surface area contributed by atoms with E-state index in [2.05, 4.69) is 0 Å². The number of carboxylic acid groups (broad SMARTS) is 1. The monoisotopic (exact) mass is 167 g/mol. The minimum atomic E-state index is -1.14. The quantitative estimate of drug-likeness (QED) is 0.591. The number of hydrogen-bond acceptors (Lipinski definition) is 3. The average molecular weight is 167 g/mol. The van der Waals surface area contributed by atoms with E-state index in [0.29, 0.717) is 12.2 Å². The minimum Gasteiger partial charge on any atom is -0.480 e. The number of hydrogen-bond donors (Lipinski definition) is 2. The van der Waals surface area contributed by atoms with Crippen molar-refractivity contribution in [3.63, 3.8) is 0 Å². The van der Waals surface area contributed by atoms with Gasteiger partial charge in [-0.1, -0.05) is 0 Å². The van der Waals surface area contributed by atoms with E-state index in [1.165, 1.54) is 17.3 Å². The van der Waals surface area contributed by atoms with Gasteiger partial charge in [-0.15, -0.1) is 10.0 Å². The molecule has 0 aromatic rings. The smallest absolute Gasteiger partial charge is 0.323 e. The maximum atomic E-state index is 11.6. The molecule has 0 spiro atoms. The van der Waals surface area contributed by atoms with Crippen LogP contribution in [-0.2, 0) is 4.79 Å². The lowest BCUT2D eigenvalue weighted by Gasteiger charge is -2.05. The highest BCUT2D eigenvalue weighted by molar-refractivity contribution is 7.98. The van der Waals surface area contributed by atoms with Crippen LogP contribution in [0.5, 0.6) is 0 Å². The third-order valence-corrected chi connectivity index (χ3v) is 1.68. The molecule has 0 aromatic carbocycles. The second-order valence-corrected chi connectivity index (χ2v) is 2.77. The molecule has 0 heterocycles. The zero-order valence-electron chi connectivity index (χ0n) is 5.63. The lowest BCUT2D eigenvalue weighted by molar-refractivity contribution is -0.140. The number of aliphatic carboxylic acids is 1. The van der Waals surface area contributed by atoms with Crippen LogP contribution in [0, 0.1) is 0 Å². The van der Waals surface area contributed by atoms with Crippen LogP contribution in [0.1, 0.15) is 6.42 Å². The Morgan fingerprint density at radius 2 is 2.50 bits per heavy atom. The van der Waals surface area contributed by atoms with Crippen LogP contribution in [0.25, 0.3) is 0 Å². The first-order valence-corrected chi connectivity index (χ1v) is 4.19. The summed E-state index contributed by atoms with van der Waals surface area (Å²) in [6, 6.07) is -1.05. The molecule has 0 aromatic heterocycles. The molecule has 0 saturated carbocycles. The Morgan fingerprint density at radius 1 is 1.90 bits per heavy atom. The van der Waals surface area contributed by atoms with Crippen molar-refractivity contribution in [2.24, 2.45) is 0 Å². The van der Waals surface area contributed by atoms with Gasteiger partial charge in [0.05, 0.1) is 0 Å². The zero-order valence-corrected chi connectivity index (χ0v) is 6.45. The SMILES string of the molecule is CSCC[C@@H](NF)C(=O)O. The Balaban J connectivity index is 3.50. The summed E-state index contributed by atoms with van der Waals surface area (Å²) in [5.41, 5.74) is 1.22. The van der Waals surface area contributed by atoms with Gasteiger partial charge >= 0.3 is 5.97 Å². The van der Waals surface area contributed by atoms with Gasteiger partial charge in [0.15, 0.2) is 0 Å². The first kappa shape index (κ1) is 9.71. The number of thioether (sulfide) groups is 1. The van der Waals surface area contributed by atoms with Crippen molar-refractivity contribution < 1.29 is 14.4 Å². The maximum absolute atomic E-state index is 11.6. The molecule has 60 valence electrons. The molecule has 5 heteroatoms. The molecule has 0 aliphatic carbocycles. The maximum Gasteiger partial charge on any atom is 0.323 e. The normalized spacial score (nSPS) is 13.0. The van der Waals surface area contributed by atoms with Crippen LogP contribution >= 0.6 is 11.8 Å². The molecule has 0 unspecified atom stereocenters. The molecule has 10 heavy (non-hydrogen) atoms. The molecule has 0 rings (SSSR count). The highest BCUT2D eigenvalue weighted by Crippen LogP contribution is 2.00. The van der Waals surface area contributed by atoms with Crippen molar-refractivity contribution in [2.45, 2.75) is 12.5 Å². The van der Waals surface area contributed by atoms with Gasteiger partial charge in [-0.3, -0.25) is 4.79 Å². The van der Waals surface area contributed by atoms with Crippen molar-refractivity contribution in [1.82, 2.24) is 5.54 Å². The first-order chi connectivity index (χ1) is 4.72. The van der Waals surface area contributed by atoms with E-state index in [1.54, 1.807) is 0 Å². The largest absolute Gasteiger partial charge is 0.480 e. The Bertz CT molecular complexity index is 112. The van der Waals surface area contributed by atoms with Crippen LogP contribution in [0.4, 0.5) is 4.48 Å². The van der Waals surface area contributed by atoms with Crippen LogP contribution in [0.3, 0.4) is 0 Å². The van der Waals surface area contributed by atoms with Crippen molar-refractivity contribution >= 4 is 17.7 Å². The summed E-state index contributed by atoms with van der Waals surface area (Å²) < 4.78 is 11.6. The number of rotatable bonds is 5. The highest BCUT2D eigenvalue weighted by atomic mass is 32.2. The zero-order chi connectivity index (χ0) is 7.98. The van der Waals surface area contributed by atoms with Gasteiger partial charge in [0.2, 0.25) is 0 Å². The van der Waals surface area contributed by atoms with Gasteiger partial charge in [-0.05, 0) is 18.4 Å². The predicted molar refractivity (Wildman–Crippen MR) is 38.7 cm³/mol. The van der Waals surface area contributed by atoms with Crippen LogP contribution in [0.2, 0.25) is 0 Å². The van der Waals surface area contributed by atoms with Gasteiger partial charge in [-0.2, -0.15) is 11.8 Å². The van der Waals surface area contributed by atoms with Crippen molar-refractivity contribution in [3.8, 4) is 0 Å². The van der Waals surface area contributed by atoms with Crippen LogP contribution in [-0.4, -0.2) is 29.1 Å². The molecular formula is C5H10FNO2S. The van der Waals surface area contributed by atoms with Gasteiger partial charge in [-0.25, -0.2) is 0 Å².